The Balaban J connectivity index is 2.04. The van der Waals surface area contributed by atoms with Gasteiger partial charge >= 0.3 is 6.18 Å². The van der Waals surface area contributed by atoms with Crippen molar-refractivity contribution in [2.45, 2.75) is 25.6 Å². The van der Waals surface area contributed by atoms with E-state index in [4.69, 9.17) is 5.73 Å². The molecule has 1 amide bonds. The molecule has 0 bridgehead atoms. The number of rotatable bonds is 1. The smallest absolute Gasteiger partial charge is 0.326 e. The summed E-state index contributed by atoms with van der Waals surface area (Å²) in [6.07, 6.45) is -3.19. The molecular formula is C17H16F3N3O. The first-order chi connectivity index (χ1) is 11.3. The van der Waals surface area contributed by atoms with Crippen molar-refractivity contribution < 1.29 is 18.0 Å². The predicted octanol–water partition coefficient (Wildman–Crippen LogP) is 2.94. The van der Waals surface area contributed by atoms with Gasteiger partial charge in [0.15, 0.2) is 0 Å². The predicted molar refractivity (Wildman–Crippen MR) is 83.8 cm³/mol. The van der Waals surface area contributed by atoms with E-state index < -0.39 is 17.6 Å². The number of hydrogen-bond donors (Lipinski definition) is 1. The maximum Gasteiger partial charge on any atom is 0.417 e. The number of fused-ring (bicyclic) bond motifs is 1. The summed E-state index contributed by atoms with van der Waals surface area (Å²) >= 11 is 0. The molecule has 1 aliphatic heterocycles. The van der Waals surface area contributed by atoms with Gasteiger partial charge in [0, 0.05) is 24.5 Å². The number of alkyl halides is 3. The minimum atomic E-state index is -4.55. The molecule has 126 valence electrons. The van der Waals surface area contributed by atoms with E-state index in [9.17, 15) is 18.0 Å². The third kappa shape index (κ3) is 2.99. The SMILES string of the molecule is Cc1ncc(C(F)(F)F)cc1C(=O)N1CC(N)Cc2ccccc21. The molecule has 1 aliphatic rings. The molecule has 1 aromatic heterocycles. The number of pyridine rings is 1. The van der Waals surface area contributed by atoms with Crippen molar-refractivity contribution >= 4 is 11.6 Å². The second-order valence-electron chi connectivity index (χ2n) is 5.86. The number of hydrogen-bond acceptors (Lipinski definition) is 3. The van der Waals surface area contributed by atoms with E-state index in [0.29, 0.717) is 12.1 Å². The molecule has 2 aromatic rings. The highest BCUT2D eigenvalue weighted by molar-refractivity contribution is 6.07. The van der Waals surface area contributed by atoms with Crippen LogP contribution in [0.5, 0.6) is 0 Å². The molecule has 0 saturated heterocycles. The molecule has 1 unspecified atom stereocenters. The number of amides is 1. The summed E-state index contributed by atoms with van der Waals surface area (Å²) in [4.78, 5) is 18.0. The Kier molecular flexibility index (Phi) is 4.04. The zero-order valence-electron chi connectivity index (χ0n) is 13.0. The van der Waals surface area contributed by atoms with E-state index in [0.717, 1.165) is 17.8 Å². The van der Waals surface area contributed by atoms with Crippen LogP contribution in [-0.2, 0) is 12.6 Å². The zero-order valence-corrected chi connectivity index (χ0v) is 13.0. The van der Waals surface area contributed by atoms with Gasteiger partial charge < -0.3 is 10.6 Å². The molecule has 0 saturated carbocycles. The first-order valence-corrected chi connectivity index (χ1v) is 7.46. The highest BCUT2D eigenvalue weighted by atomic mass is 19.4. The Labute approximate surface area is 137 Å². The van der Waals surface area contributed by atoms with Crippen LogP contribution in [0.1, 0.15) is 27.2 Å². The van der Waals surface area contributed by atoms with Crippen LogP contribution in [0.3, 0.4) is 0 Å². The monoisotopic (exact) mass is 335 g/mol. The molecule has 1 atom stereocenters. The van der Waals surface area contributed by atoms with Gasteiger partial charge in [-0.1, -0.05) is 18.2 Å². The standard InChI is InChI=1S/C17H16F3N3O/c1-10-14(7-12(8-22-10)17(18,19)20)16(24)23-9-13(21)6-11-4-2-3-5-15(11)23/h2-5,7-8,13H,6,9,21H2,1H3. The van der Waals surface area contributed by atoms with Crippen LogP contribution in [-0.4, -0.2) is 23.5 Å². The molecule has 4 nitrogen and oxygen atoms in total. The second kappa shape index (κ2) is 5.90. The number of carbonyl (C=O) groups is 1. The molecule has 3 rings (SSSR count). The summed E-state index contributed by atoms with van der Waals surface area (Å²) in [5.74, 6) is -0.520. The normalized spacial score (nSPS) is 17.5. The summed E-state index contributed by atoms with van der Waals surface area (Å²) in [6.45, 7) is 1.77. The van der Waals surface area contributed by atoms with Crippen LogP contribution < -0.4 is 10.6 Å². The molecular weight excluding hydrogens is 319 g/mol. The molecule has 0 spiro atoms. The third-order valence-electron chi connectivity index (χ3n) is 4.07. The van der Waals surface area contributed by atoms with Crippen molar-refractivity contribution in [3.8, 4) is 0 Å². The largest absolute Gasteiger partial charge is 0.417 e. The number of nitrogens with two attached hydrogens (primary N) is 1. The number of anilines is 1. The maximum absolute atomic E-state index is 12.9. The van der Waals surface area contributed by atoms with Gasteiger partial charge in [0.05, 0.1) is 16.8 Å². The maximum atomic E-state index is 12.9. The first-order valence-electron chi connectivity index (χ1n) is 7.46. The fourth-order valence-corrected chi connectivity index (χ4v) is 2.87. The number of aryl methyl sites for hydroxylation is 1. The van der Waals surface area contributed by atoms with Gasteiger partial charge in [0.1, 0.15) is 0 Å². The third-order valence-corrected chi connectivity index (χ3v) is 4.07. The van der Waals surface area contributed by atoms with E-state index in [1.165, 1.54) is 11.8 Å². The topological polar surface area (TPSA) is 59.2 Å². The number of benzene rings is 1. The summed E-state index contributed by atoms with van der Waals surface area (Å²) in [5.41, 5.74) is 6.84. The van der Waals surface area contributed by atoms with Crippen molar-refractivity contribution in [3.05, 3.63) is 58.9 Å². The lowest BCUT2D eigenvalue weighted by Gasteiger charge is -2.33. The van der Waals surface area contributed by atoms with E-state index in [1.807, 2.05) is 12.1 Å². The van der Waals surface area contributed by atoms with E-state index in [1.54, 1.807) is 12.1 Å². The fraction of sp³-hybridized carbons (Fsp3) is 0.294. The molecule has 2 N–H and O–H groups in total. The average molecular weight is 335 g/mol. The van der Waals surface area contributed by atoms with Gasteiger partial charge in [-0.3, -0.25) is 9.78 Å². The summed E-state index contributed by atoms with van der Waals surface area (Å²) in [5, 5.41) is 0. The minimum absolute atomic E-state index is 0.0614. The van der Waals surface area contributed by atoms with Crippen LogP contribution in [0.4, 0.5) is 18.9 Å². The fourth-order valence-electron chi connectivity index (χ4n) is 2.87. The van der Waals surface area contributed by atoms with Gasteiger partial charge in [0.2, 0.25) is 0 Å². The van der Waals surface area contributed by atoms with Gasteiger partial charge in [0.25, 0.3) is 5.91 Å². The average Bonchev–Trinajstić information content (AvgIpc) is 2.52. The molecule has 24 heavy (non-hydrogen) atoms. The summed E-state index contributed by atoms with van der Waals surface area (Å²) < 4.78 is 38.8. The number of aromatic nitrogens is 1. The molecule has 1 aromatic carbocycles. The van der Waals surface area contributed by atoms with Crippen LogP contribution in [0.25, 0.3) is 0 Å². The second-order valence-corrected chi connectivity index (χ2v) is 5.86. The first kappa shape index (κ1) is 16.4. The zero-order chi connectivity index (χ0) is 17.5. The van der Waals surface area contributed by atoms with Crippen LogP contribution in [0.15, 0.2) is 36.5 Å². The quantitative estimate of drug-likeness (QED) is 0.872. The van der Waals surface area contributed by atoms with Crippen molar-refractivity contribution in [3.63, 3.8) is 0 Å². The molecule has 0 aliphatic carbocycles. The molecule has 7 heteroatoms. The van der Waals surface area contributed by atoms with E-state index in [-0.39, 0.29) is 23.8 Å². The van der Waals surface area contributed by atoms with Crippen molar-refractivity contribution in [2.75, 3.05) is 11.4 Å². The van der Waals surface area contributed by atoms with Crippen LogP contribution in [0.2, 0.25) is 0 Å². The molecule has 0 fully saturated rings. The minimum Gasteiger partial charge on any atom is -0.326 e. The lowest BCUT2D eigenvalue weighted by molar-refractivity contribution is -0.137. The van der Waals surface area contributed by atoms with Gasteiger partial charge in [-0.25, -0.2) is 0 Å². The molecule has 0 radical (unpaired) electrons. The van der Waals surface area contributed by atoms with E-state index >= 15 is 0 Å². The Hall–Kier alpha value is -2.41. The van der Waals surface area contributed by atoms with Gasteiger partial charge in [-0.15, -0.1) is 0 Å². The van der Waals surface area contributed by atoms with Gasteiger partial charge in [-0.2, -0.15) is 13.2 Å². The number of para-hydroxylation sites is 1. The van der Waals surface area contributed by atoms with Gasteiger partial charge in [-0.05, 0) is 31.0 Å². The highest BCUT2D eigenvalue weighted by Crippen LogP contribution is 2.32. The summed E-state index contributed by atoms with van der Waals surface area (Å²) in [7, 11) is 0. The van der Waals surface area contributed by atoms with E-state index in [2.05, 4.69) is 4.98 Å². The van der Waals surface area contributed by atoms with Crippen LogP contribution >= 0.6 is 0 Å². The number of carbonyl (C=O) groups excluding carboxylic acids is 1. The van der Waals surface area contributed by atoms with Crippen molar-refractivity contribution in [1.29, 1.82) is 0 Å². The Bertz CT molecular complexity index is 789. The van der Waals surface area contributed by atoms with Crippen LogP contribution in [0, 0.1) is 6.92 Å². The molecule has 2 heterocycles. The number of halogens is 3. The lowest BCUT2D eigenvalue weighted by Crippen LogP contribution is -2.46. The Morgan fingerprint density at radius 1 is 1.33 bits per heavy atom. The highest BCUT2D eigenvalue weighted by Gasteiger charge is 2.34. The number of nitrogens with zero attached hydrogens (tertiary/aromatic N) is 2. The Morgan fingerprint density at radius 2 is 2.04 bits per heavy atom. The van der Waals surface area contributed by atoms with Crippen molar-refractivity contribution in [2.24, 2.45) is 5.73 Å². The summed E-state index contributed by atoms with van der Waals surface area (Å²) in [6, 6.07) is 7.86. The lowest BCUT2D eigenvalue weighted by atomic mass is 9.97. The Morgan fingerprint density at radius 3 is 2.75 bits per heavy atom. The van der Waals surface area contributed by atoms with Crippen molar-refractivity contribution in [1.82, 2.24) is 4.98 Å².